The number of allylic oxidation sites excluding steroid dienone is 1. The van der Waals surface area contributed by atoms with E-state index in [0.29, 0.717) is 11.6 Å². The first-order chi connectivity index (χ1) is 7.07. The molecule has 0 aliphatic carbocycles. The summed E-state index contributed by atoms with van der Waals surface area (Å²) in [4.78, 5) is 10.8. The van der Waals surface area contributed by atoms with Crippen LogP contribution in [0.3, 0.4) is 0 Å². The average molecular weight is 213 g/mol. The molecule has 0 amide bonds. The summed E-state index contributed by atoms with van der Waals surface area (Å²) in [7, 11) is 0. The third kappa shape index (κ3) is 8.03. The molecular formula is C12H23NO2. The minimum absolute atomic E-state index is 0.347. The Hall–Kier alpha value is -0.990. The van der Waals surface area contributed by atoms with Crippen molar-refractivity contribution in [1.29, 1.82) is 0 Å². The van der Waals surface area contributed by atoms with E-state index in [1.165, 1.54) is 0 Å². The number of rotatable bonds is 8. The number of unbranched alkanes of at least 4 members (excludes halogenated alkanes) is 2. The summed E-state index contributed by atoms with van der Waals surface area (Å²) in [5.74, 6) is -0.357. The zero-order chi connectivity index (χ0) is 11.7. The molecule has 0 fully saturated rings. The van der Waals surface area contributed by atoms with Crippen LogP contribution < -0.4 is 5.32 Å². The highest BCUT2D eigenvalue weighted by Crippen LogP contribution is 2.03. The second kappa shape index (κ2) is 8.33. The molecule has 3 nitrogen and oxygen atoms in total. The van der Waals surface area contributed by atoms with E-state index < -0.39 is 5.97 Å². The smallest absolute Gasteiger partial charge is 0.351 e. The van der Waals surface area contributed by atoms with Gasteiger partial charge in [0.15, 0.2) is 0 Å². The summed E-state index contributed by atoms with van der Waals surface area (Å²) in [6.07, 6.45) is 5.91. The molecule has 0 aliphatic rings. The number of carboxylic acid groups (broad SMARTS) is 1. The molecule has 0 saturated heterocycles. The van der Waals surface area contributed by atoms with E-state index in [1.807, 2.05) is 0 Å². The van der Waals surface area contributed by atoms with Crippen LogP contribution >= 0.6 is 0 Å². The molecule has 0 atom stereocenters. The van der Waals surface area contributed by atoms with Crippen LogP contribution in [-0.2, 0) is 4.79 Å². The molecule has 0 aromatic carbocycles. The van der Waals surface area contributed by atoms with Gasteiger partial charge in [-0.15, -0.1) is 0 Å². The summed E-state index contributed by atoms with van der Waals surface area (Å²) in [5, 5.41) is 11.9. The quantitative estimate of drug-likeness (QED) is 0.481. The van der Waals surface area contributed by atoms with Gasteiger partial charge in [-0.05, 0) is 18.8 Å². The predicted octanol–water partition coefficient (Wildman–Crippen LogP) is 2.78. The molecule has 2 N–H and O–H groups in total. The highest BCUT2D eigenvalue weighted by molar-refractivity contribution is 5.85. The lowest BCUT2D eigenvalue weighted by Crippen LogP contribution is -2.21. The van der Waals surface area contributed by atoms with Crippen LogP contribution in [0.1, 0.15) is 46.5 Å². The maximum absolute atomic E-state index is 10.8. The first-order valence-corrected chi connectivity index (χ1v) is 5.75. The molecular weight excluding hydrogens is 190 g/mol. The van der Waals surface area contributed by atoms with E-state index in [9.17, 15) is 4.79 Å². The number of nitrogens with one attached hydrogen (secondary N) is 1. The normalized spacial score (nSPS) is 11.9. The van der Waals surface area contributed by atoms with Gasteiger partial charge in [-0.25, -0.2) is 4.79 Å². The lowest BCUT2D eigenvalue weighted by atomic mass is 10.1. The van der Waals surface area contributed by atoms with Gasteiger partial charge in [-0.3, -0.25) is 0 Å². The predicted molar refractivity (Wildman–Crippen MR) is 62.7 cm³/mol. The zero-order valence-corrected chi connectivity index (χ0v) is 10.0. The fraction of sp³-hybridized carbons (Fsp3) is 0.750. The van der Waals surface area contributed by atoms with E-state index >= 15 is 0 Å². The summed E-state index contributed by atoms with van der Waals surface area (Å²) < 4.78 is 0. The maximum Gasteiger partial charge on any atom is 0.351 e. The summed E-state index contributed by atoms with van der Waals surface area (Å²) >= 11 is 0. The molecule has 0 aromatic rings. The molecule has 0 bridgehead atoms. The van der Waals surface area contributed by atoms with Gasteiger partial charge < -0.3 is 10.4 Å². The van der Waals surface area contributed by atoms with E-state index in [0.717, 1.165) is 32.2 Å². The molecule has 0 heterocycles. The largest absolute Gasteiger partial charge is 0.477 e. The van der Waals surface area contributed by atoms with Crippen LogP contribution in [0, 0.1) is 5.92 Å². The molecule has 0 saturated carbocycles. The van der Waals surface area contributed by atoms with Crippen molar-refractivity contribution in [3.8, 4) is 0 Å². The van der Waals surface area contributed by atoms with Crippen LogP contribution in [0.25, 0.3) is 0 Å². The van der Waals surface area contributed by atoms with Crippen molar-refractivity contribution < 1.29 is 9.90 Å². The van der Waals surface area contributed by atoms with Crippen LogP contribution in [-0.4, -0.2) is 17.6 Å². The van der Waals surface area contributed by atoms with Gasteiger partial charge in [0, 0.05) is 6.54 Å². The second-order valence-electron chi connectivity index (χ2n) is 4.19. The van der Waals surface area contributed by atoms with Crippen molar-refractivity contribution in [2.24, 2.45) is 5.92 Å². The van der Waals surface area contributed by atoms with Crippen molar-refractivity contribution in [3.63, 3.8) is 0 Å². The SMILES string of the molecule is CCCCCN/C(=C/CC(C)C)C(=O)O. The van der Waals surface area contributed by atoms with Gasteiger partial charge in [0.25, 0.3) is 0 Å². The lowest BCUT2D eigenvalue weighted by Gasteiger charge is -2.07. The fourth-order valence-corrected chi connectivity index (χ4v) is 1.19. The standard InChI is InChI=1S/C12H23NO2/c1-4-5-6-9-13-11(12(14)15)8-7-10(2)3/h8,10,13H,4-7,9H2,1-3H3,(H,14,15)/b11-8+. The third-order valence-electron chi connectivity index (χ3n) is 2.12. The van der Waals surface area contributed by atoms with Crippen LogP contribution in [0.5, 0.6) is 0 Å². The zero-order valence-electron chi connectivity index (χ0n) is 10.0. The third-order valence-corrected chi connectivity index (χ3v) is 2.12. The topological polar surface area (TPSA) is 49.3 Å². The van der Waals surface area contributed by atoms with Crippen molar-refractivity contribution in [2.45, 2.75) is 46.5 Å². The Morgan fingerprint density at radius 1 is 1.40 bits per heavy atom. The minimum Gasteiger partial charge on any atom is -0.477 e. The van der Waals surface area contributed by atoms with E-state index in [-0.39, 0.29) is 0 Å². The molecule has 15 heavy (non-hydrogen) atoms. The van der Waals surface area contributed by atoms with E-state index in [4.69, 9.17) is 5.11 Å². The Kier molecular flexibility index (Phi) is 7.78. The van der Waals surface area contributed by atoms with Gasteiger partial charge in [0.05, 0.1) is 0 Å². The Bertz CT molecular complexity index is 210. The highest BCUT2D eigenvalue weighted by atomic mass is 16.4. The Balaban J connectivity index is 3.94. The number of hydrogen-bond donors (Lipinski definition) is 2. The first kappa shape index (κ1) is 14.0. The maximum atomic E-state index is 10.8. The lowest BCUT2D eigenvalue weighted by molar-refractivity contribution is -0.133. The first-order valence-electron chi connectivity index (χ1n) is 5.75. The van der Waals surface area contributed by atoms with Gasteiger partial charge >= 0.3 is 5.97 Å². The van der Waals surface area contributed by atoms with Crippen molar-refractivity contribution in [3.05, 3.63) is 11.8 Å². The van der Waals surface area contributed by atoms with Crippen molar-refractivity contribution in [1.82, 2.24) is 5.32 Å². The average Bonchev–Trinajstić information content (AvgIpc) is 2.15. The van der Waals surface area contributed by atoms with Crippen molar-refractivity contribution in [2.75, 3.05) is 6.54 Å². The van der Waals surface area contributed by atoms with E-state index in [1.54, 1.807) is 6.08 Å². The van der Waals surface area contributed by atoms with Gasteiger partial charge in [0.1, 0.15) is 5.70 Å². The summed E-state index contributed by atoms with van der Waals surface area (Å²) in [6, 6.07) is 0. The Labute approximate surface area is 92.6 Å². The van der Waals surface area contributed by atoms with Gasteiger partial charge in [0.2, 0.25) is 0 Å². The molecule has 0 aliphatic heterocycles. The van der Waals surface area contributed by atoms with Crippen LogP contribution in [0.15, 0.2) is 11.8 Å². The van der Waals surface area contributed by atoms with Crippen molar-refractivity contribution >= 4 is 5.97 Å². The number of aliphatic carboxylic acids is 1. The summed E-state index contributed by atoms with van der Waals surface area (Å²) in [5.41, 5.74) is 0.347. The minimum atomic E-state index is -0.854. The highest BCUT2D eigenvalue weighted by Gasteiger charge is 2.05. The number of hydrogen-bond acceptors (Lipinski definition) is 2. The molecule has 3 heteroatoms. The summed E-state index contributed by atoms with van der Waals surface area (Å²) in [6.45, 7) is 7.04. The Morgan fingerprint density at radius 2 is 2.07 bits per heavy atom. The van der Waals surface area contributed by atoms with Gasteiger partial charge in [-0.2, -0.15) is 0 Å². The molecule has 0 radical (unpaired) electrons. The van der Waals surface area contributed by atoms with E-state index in [2.05, 4.69) is 26.1 Å². The number of carboxylic acids is 1. The molecule has 0 unspecified atom stereocenters. The van der Waals surface area contributed by atoms with Crippen LogP contribution in [0.4, 0.5) is 0 Å². The second-order valence-corrected chi connectivity index (χ2v) is 4.19. The molecule has 0 rings (SSSR count). The molecule has 88 valence electrons. The monoisotopic (exact) mass is 213 g/mol. The fourth-order valence-electron chi connectivity index (χ4n) is 1.19. The molecule has 0 spiro atoms. The molecule has 0 aromatic heterocycles. The van der Waals surface area contributed by atoms with Crippen LogP contribution in [0.2, 0.25) is 0 Å². The Morgan fingerprint density at radius 3 is 2.53 bits per heavy atom. The van der Waals surface area contributed by atoms with Gasteiger partial charge in [-0.1, -0.05) is 39.7 Å². The number of carbonyl (C=O) groups is 1.